The Hall–Kier alpha value is -3.02. The first kappa shape index (κ1) is 15.5. The van der Waals surface area contributed by atoms with Gasteiger partial charge in [-0.25, -0.2) is 4.79 Å². The summed E-state index contributed by atoms with van der Waals surface area (Å²) in [4.78, 5) is 26.7. The largest absolute Gasteiger partial charge is 0.493 e. The predicted molar refractivity (Wildman–Crippen MR) is 90.4 cm³/mol. The number of hydrogen-bond acceptors (Lipinski definition) is 4. The van der Waals surface area contributed by atoms with Crippen molar-refractivity contribution in [1.82, 2.24) is 10.2 Å². The highest BCUT2D eigenvalue weighted by Gasteiger charge is 2.54. The van der Waals surface area contributed by atoms with Crippen LogP contribution in [-0.2, 0) is 10.3 Å². The lowest BCUT2D eigenvalue weighted by molar-refractivity contribution is -0.132. The maximum absolute atomic E-state index is 13.0. The summed E-state index contributed by atoms with van der Waals surface area (Å²) in [5.41, 5.74) is -0.315. The minimum atomic E-state index is -1.03. The summed E-state index contributed by atoms with van der Waals surface area (Å²) in [7, 11) is 0. The molecule has 1 saturated heterocycles. The van der Waals surface area contributed by atoms with Gasteiger partial charge in [0.1, 0.15) is 18.1 Å². The van der Waals surface area contributed by atoms with Crippen LogP contribution in [0.3, 0.4) is 0 Å². The minimum absolute atomic E-state index is 0.199. The number of carbonyl (C=O) groups is 2. The van der Waals surface area contributed by atoms with Crippen LogP contribution in [-0.4, -0.2) is 36.6 Å². The number of rotatable bonds is 4. The lowest BCUT2D eigenvalue weighted by Crippen LogP contribution is -2.47. The maximum Gasteiger partial charge on any atom is 0.325 e. The van der Waals surface area contributed by atoms with Crippen LogP contribution in [0.2, 0.25) is 0 Å². The number of para-hydroxylation sites is 2. The lowest BCUT2D eigenvalue weighted by Gasteiger charge is -2.33. The predicted octanol–water partition coefficient (Wildman–Crippen LogP) is 2.30. The van der Waals surface area contributed by atoms with E-state index < -0.39 is 11.6 Å². The molecule has 2 heterocycles. The van der Waals surface area contributed by atoms with Crippen LogP contribution in [0.1, 0.15) is 12.0 Å². The highest BCUT2D eigenvalue weighted by molar-refractivity contribution is 6.07. The van der Waals surface area contributed by atoms with Crippen molar-refractivity contribution in [2.45, 2.75) is 12.0 Å². The third kappa shape index (κ3) is 2.59. The topological polar surface area (TPSA) is 67.9 Å². The van der Waals surface area contributed by atoms with Crippen molar-refractivity contribution in [3.63, 3.8) is 0 Å². The van der Waals surface area contributed by atoms with E-state index in [1.54, 1.807) is 0 Å². The van der Waals surface area contributed by atoms with Gasteiger partial charge in [-0.3, -0.25) is 9.69 Å². The van der Waals surface area contributed by atoms with E-state index in [0.717, 1.165) is 0 Å². The zero-order valence-corrected chi connectivity index (χ0v) is 13.6. The molecule has 0 aliphatic carbocycles. The van der Waals surface area contributed by atoms with E-state index in [2.05, 4.69) is 5.32 Å². The van der Waals surface area contributed by atoms with Crippen molar-refractivity contribution in [3.8, 4) is 11.5 Å². The van der Waals surface area contributed by atoms with Gasteiger partial charge in [0.2, 0.25) is 0 Å². The van der Waals surface area contributed by atoms with Gasteiger partial charge in [0.25, 0.3) is 5.91 Å². The summed E-state index contributed by atoms with van der Waals surface area (Å²) in [6, 6.07) is 16.3. The van der Waals surface area contributed by atoms with E-state index in [4.69, 9.17) is 9.47 Å². The Morgan fingerprint density at radius 3 is 2.68 bits per heavy atom. The summed E-state index contributed by atoms with van der Waals surface area (Å²) in [6.45, 7) is 0.832. The number of amides is 3. The monoisotopic (exact) mass is 338 g/mol. The van der Waals surface area contributed by atoms with Crippen LogP contribution < -0.4 is 14.8 Å². The molecule has 6 heteroatoms. The molecule has 2 aromatic rings. The number of fused-ring (bicyclic) bond motifs is 2. The molecule has 1 atom stereocenters. The molecule has 6 nitrogen and oxygen atoms in total. The zero-order chi connectivity index (χ0) is 17.3. The average Bonchev–Trinajstić information content (AvgIpc) is 2.88. The van der Waals surface area contributed by atoms with Crippen LogP contribution in [0.4, 0.5) is 4.79 Å². The molecule has 0 saturated carbocycles. The van der Waals surface area contributed by atoms with Gasteiger partial charge in [-0.1, -0.05) is 36.4 Å². The van der Waals surface area contributed by atoms with E-state index in [-0.39, 0.29) is 19.1 Å². The molecule has 3 amide bonds. The number of nitrogens with zero attached hydrogens (tertiary/aromatic N) is 1. The van der Waals surface area contributed by atoms with Gasteiger partial charge in [-0.2, -0.15) is 0 Å². The van der Waals surface area contributed by atoms with Gasteiger partial charge in [-0.05, 0) is 18.2 Å². The summed E-state index contributed by atoms with van der Waals surface area (Å²) in [6.07, 6.45) is 0.421. The molecular weight excluding hydrogens is 320 g/mol. The summed E-state index contributed by atoms with van der Waals surface area (Å²) < 4.78 is 11.2. The lowest BCUT2D eigenvalue weighted by atomic mass is 9.84. The number of nitrogens with one attached hydrogen (secondary N) is 1. The normalized spacial score (nSPS) is 21.7. The Morgan fingerprint density at radius 1 is 1.08 bits per heavy atom. The first-order valence-corrected chi connectivity index (χ1v) is 8.25. The van der Waals surface area contributed by atoms with Crippen molar-refractivity contribution in [1.29, 1.82) is 0 Å². The number of benzene rings is 2. The quantitative estimate of drug-likeness (QED) is 0.869. The zero-order valence-electron chi connectivity index (χ0n) is 13.6. The molecule has 1 spiro atoms. The third-order valence-electron chi connectivity index (χ3n) is 4.58. The van der Waals surface area contributed by atoms with Gasteiger partial charge in [0, 0.05) is 12.0 Å². The van der Waals surface area contributed by atoms with E-state index in [0.29, 0.717) is 30.1 Å². The SMILES string of the molecule is O=C1N[C@]2(CCOc3ccccc32)C(=O)N1CCOc1ccccc1. The Bertz CT molecular complexity index is 808. The molecule has 1 fully saturated rings. The smallest absolute Gasteiger partial charge is 0.325 e. The molecule has 25 heavy (non-hydrogen) atoms. The Balaban J connectivity index is 1.51. The van der Waals surface area contributed by atoms with Crippen molar-refractivity contribution >= 4 is 11.9 Å². The Morgan fingerprint density at radius 2 is 1.84 bits per heavy atom. The Labute approximate surface area is 145 Å². The molecule has 0 radical (unpaired) electrons. The van der Waals surface area contributed by atoms with E-state index in [9.17, 15) is 9.59 Å². The fraction of sp³-hybridized carbons (Fsp3) is 0.263. The van der Waals surface area contributed by atoms with Gasteiger partial charge in [0.15, 0.2) is 5.54 Å². The van der Waals surface area contributed by atoms with Crippen LogP contribution in [0.15, 0.2) is 54.6 Å². The molecule has 2 aliphatic heterocycles. The maximum atomic E-state index is 13.0. The van der Waals surface area contributed by atoms with Crippen molar-refractivity contribution in [3.05, 3.63) is 60.2 Å². The van der Waals surface area contributed by atoms with Crippen molar-refractivity contribution in [2.75, 3.05) is 19.8 Å². The van der Waals surface area contributed by atoms with Gasteiger partial charge in [0.05, 0.1) is 13.2 Å². The second-order valence-electron chi connectivity index (χ2n) is 6.05. The molecule has 0 aromatic heterocycles. The van der Waals surface area contributed by atoms with Gasteiger partial charge >= 0.3 is 6.03 Å². The summed E-state index contributed by atoms with van der Waals surface area (Å²) in [5, 5.41) is 2.88. The summed E-state index contributed by atoms with van der Waals surface area (Å²) >= 11 is 0. The summed E-state index contributed by atoms with van der Waals surface area (Å²) in [5.74, 6) is 1.11. The Kier molecular flexibility index (Phi) is 3.80. The van der Waals surface area contributed by atoms with Crippen LogP contribution >= 0.6 is 0 Å². The van der Waals surface area contributed by atoms with Crippen molar-refractivity contribution < 1.29 is 19.1 Å². The van der Waals surface area contributed by atoms with E-state index in [1.807, 2.05) is 54.6 Å². The molecule has 0 bridgehead atoms. The standard InChI is InChI=1S/C19H18N2O4/c22-17-19(10-12-25-16-9-5-4-8-15(16)19)20-18(23)21(17)11-13-24-14-6-2-1-3-7-14/h1-9H,10-13H2,(H,20,23)/t19-/m0/s1. The fourth-order valence-electron chi connectivity index (χ4n) is 3.35. The second-order valence-corrected chi connectivity index (χ2v) is 6.05. The molecule has 4 rings (SSSR count). The minimum Gasteiger partial charge on any atom is -0.493 e. The highest BCUT2D eigenvalue weighted by atomic mass is 16.5. The average molecular weight is 338 g/mol. The second kappa shape index (κ2) is 6.12. The first-order valence-electron chi connectivity index (χ1n) is 8.25. The molecule has 128 valence electrons. The van der Waals surface area contributed by atoms with Crippen molar-refractivity contribution in [2.24, 2.45) is 0 Å². The fourth-order valence-corrected chi connectivity index (χ4v) is 3.35. The molecule has 1 N–H and O–H groups in total. The molecule has 2 aliphatic rings. The number of ether oxygens (including phenoxy) is 2. The first-order chi connectivity index (χ1) is 12.2. The molecule has 0 unspecified atom stereocenters. The van der Waals surface area contributed by atoms with Crippen LogP contribution in [0.5, 0.6) is 11.5 Å². The number of imide groups is 1. The van der Waals surface area contributed by atoms with E-state index >= 15 is 0 Å². The van der Waals surface area contributed by atoms with Gasteiger partial charge in [-0.15, -0.1) is 0 Å². The van der Waals surface area contributed by atoms with Crippen LogP contribution in [0.25, 0.3) is 0 Å². The molecular formula is C19H18N2O4. The van der Waals surface area contributed by atoms with Gasteiger partial charge < -0.3 is 14.8 Å². The molecule has 2 aromatic carbocycles. The number of carbonyl (C=O) groups excluding carboxylic acids is 2. The highest BCUT2D eigenvalue weighted by Crippen LogP contribution is 2.40. The number of hydrogen-bond donors (Lipinski definition) is 1. The van der Waals surface area contributed by atoms with E-state index in [1.165, 1.54) is 4.90 Å². The van der Waals surface area contributed by atoms with Crippen LogP contribution in [0, 0.1) is 0 Å². The number of urea groups is 1. The third-order valence-corrected chi connectivity index (χ3v) is 4.58.